The molecule has 1 heterocycles. The summed E-state index contributed by atoms with van der Waals surface area (Å²) in [5.74, 6) is 0.667. The van der Waals surface area contributed by atoms with Gasteiger partial charge in [0.15, 0.2) is 0 Å². The summed E-state index contributed by atoms with van der Waals surface area (Å²) in [6, 6.07) is 4.72. The number of hydrogen-bond acceptors (Lipinski definition) is 2. The lowest BCUT2D eigenvalue weighted by molar-refractivity contribution is 0.424. The molecule has 0 spiro atoms. The van der Waals surface area contributed by atoms with E-state index in [0.29, 0.717) is 12.0 Å². The van der Waals surface area contributed by atoms with E-state index >= 15 is 0 Å². The van der Waals surface area contributed by atoms with Gasteiger partial charge in [0, 0.05) is 18.8 Å². The molecule has 0 amide bonds. The zero-order chi connectivity index (χ0) is 10.6. The summed E-state index contributed by atoms with van der Waals surface area (Å²) in [7, 11) is 0. The second-order valence-corrected chi connectivity index (χ2v) is 4.24. The fraction of sp³-hybridized carbons (Fsp3) is 0.583. The molecule has 0 aliphatic rings. The summed E-state index contributed by atoms with van der Waals surface area (Å²) >= 11 is 0. The quantitative estimate of drug-likeness (QED) is 0.793. The molecule has 0 aliphatic heterocycles. The van der Waals surface area contributed by atoms with Crippen molar-refractivity contribution in [3.8, 4) is 0 Å². The fourth-order valence-electron chi connectivity index (χ4n) is 1.10. The van der Waals surface area contributed by atoms with Gasteiger partial charge in [0.2, 0.25) is 0 Å². The summed E-state index contributed by atoms with van der Waals surface area (Å²) in [6.07, 6.45) is 1.91. The Labute approximate surface area is 86.8 Å². The van der Waals surface area contributed by atoms with E-state index in [4.69, 9.17) is 0 Å². The van der Waals surface area contributed by atoms with E-state index in [1.165, 1.54) is 5.56 Å². The summed E-state index contributed by atoms with van der Waals surface area (Å²) in [5, 5.41) is 3.46. The van der Waals surface area contributed by atoms with Crippen LogP contribution in [0.25, 0.3) is 0 Å². The minimum Gasteiger partial charge on any atom is -0.308 e. The predicted molar refractivity (Wildman–Crippen MR) is 60.1 cm³/mol. The highest BCUT2D eigenvalue weighted by atomic mass is 14.9. The lowest BCUT2D eigenvalue weighted by atomic mass is 10.1. The zero-order valence-electron chi connectivity index (χ0n) is 9.54. The molecule has 2 nitrogen and oxygen atoms in total. The molecule has 1 aromatic rings. The maximum Gasteiger partial charge on any atom is 0.0541 e. The van der Waals surface area contributed by atoms with Crippen molar-refractivity contribution in [1.82, 2.24) is 10.3 Å². The van der Waals surface area contributed by atoms with Gasteiger partial charge in [0.05, 0.1) is 5.69 Å². The van der Waals surface area contributed by atoms with Gasteiger partial charge in [-0.15, -0.1) is 0 Å². The van der Waals surface area contributed by atoms with Gasteiger partial charge in [-0.25, -0.2) is 0 Å². The van der Waals surface area contributed by atoms with E-state index < -0.39 is 0 Å². The van der Waals surface area contributed by atoms with Gasteiger partial charge in [-0.3, -0.25) is 4.98 Å². The Kier molecular flexibility index (Phi) is 4.08. The first kappa shape index (κ1) is 11.2. The molecule has 0 aromatic carbocycles. The van der Waals surface area contributed by atoms with Crippen LogP contribution in [-0.2, 0) is 6.54 Å². The molecule has 0 aliphatic carbocycles. The molecule has 1 unspecified atom stereocenters. The molecule has 2 heteroatoms. The molecule has 1 rings (SSSR count). The molecular formula is C12H20N2. The number of nitrogens with one attached hydrogen (secondary N) is 1. The lowest BCUT2D eigenvalue weighted by Crippen LogP contribution is -2.30. The van der Waals surface area contributed by atoms with Crippen molar-refractivity contribution in [3.05, 3.63) is 29.6 Å². The average molecular weight is 192 g/mol. The highest BCUT2D eigenvalue weighted by Crippen LogP contribution is 2.02. The molecule has 1 aromatic heterocycles. The van der Waals surface area contributed by atoms with Crippen LogP contribution in [0.4, 0.5) is 0 Å². The first-order chi connectivity index (χ1) is 6.59. The lowest BCUT2D eigenvalue weighted by Gasteiger charge is -2.16. The topological polar surface area (TPSA) is 24.9 Å². The Balaban J connectivity index is 2.42. The van der Waals surface area contributed by atoms with Crippen LogP contribution in [0, 0.1) is 12.8 Å². The van der Waals surface area contributed by atoms with Gasteiger partial charge in [0.1, 0.15) is 0 Å². The Bertz CT molecular complexity index is 264. The number of nitrogens with zero attached hydrogens (tertiary/aromatic N) is 1. The smallest absolute Gasteiger partial charge is 0.0541 e. The average Bonchev–Trinajstić information content (AvgIpc) is 2.16. The Morgan fingerprint density at radius 2 is 2.00 bits per heavy atom. The first-order valence-corrected chi connectivity index (χ1v) is 5.24. The van der Waals surface area contributed by atoms with Gasteiger partial charge in [-0.1, -0.05) is 19.9 Å². The molecule has 14 heavy (non-hydrogen) atoms. The third-order valence-corrected chi connectivity index (χ3v) is 2.58. The van der Waals surface area contributed by atoms with Crippen molar-refractivity contribution in [2.24, 2.45) is 5.92 Å². The van der Waals surface area contributed by atoms with Crippen LogP contribution in [0.1, 0.15) is 32.0 Å². The molecule has 0 bridgehead atoms. The number of aromatic nitrogens is 1. The second-order valence-electron chi connectivity index (χ2n) is 4.24. The van der Waals surface area contributed by atoms with Gasteiger partial charge >= 0.3 is 0 Å². The Hall–Kier alpha value is -0.890. The van der Waals surface area contributed by atoms with E-state index in [9.17, 15) is 0 Å². The number of pyridine rings is 1. The van der Waals surface area contributed by atoms with E-state index in [1.807, 2.05) is 6.20 Å². The van der Waals surface area contributed by atoms with Crippen molar-refractivity contribution >= 4 is 0 Å². The van der Waals surface area contributed by atoms with Crippen LogP contribution in [-0.4, -0.2) is 11.0 Å². The second kappa shape index (κ2) is 5.11. The standard InChI is InChI=1S/C12H20N2/c1-9(2)11(4)13-8-12-6-5-10(3)7-14-12/h5-7,9,11,13H,8H2,1-4H3. The van der Waals surface area contributed by atoms with E-state index in [1.54, 1.807) is 0 Å². The van der Waals surface area contributed by atoms with Crippen molar-refractivity contribution < 1.29 is 0 Å². The van der Waals surface area contributed by atoms with Gasteiger partial charge in [-0.2, -0.15) is 0 Å². The predicted octanol–water partition coefficient (Wildman–Crippen LogP) is 2.52. The Morgan fingerprint density at radius 1 is 1.29 bits per heavy atom. The van der Waals surface area contributed by atoms with Gasteiger partial charge in [-0.05, 0) is 31.4 Å². The molecule has 1 N–H and O–H groups in total. The van der Waals surface area contributed by atoms with Crippen molar-refractivity contribution in [1.29, 1.82) is 0 Å². The largest absolute Gasteiger partial charge is 0.308 e. The number of rotatable bonds is 4. The normalized spacial score (nSPS) is 13.2. The van der Waals surface area contributed by atoms with E-state index in [-0.39, 0.29) is 0 Å². The van der Waals surface area contributed by atoms with Crippen molar-refractivity contribution in [2.75, 3.05) is 0 Å². The van der Waals surface area contributed by atoms with Crippen molar-refractivity contribution in [3.63, 3.8) is 0 Å². The van der Waals surface area contributed by atoms with Crippen LogP contribution in [0.15, 0.2) is 18.3 Å². The minimum absolute atomic E-state index is 0.540. The highest BCUT2D eigenvalue weighted by molar-refractivity contribution is 5.11. The third-order valence-electron chi connectivity index (χ3n) is 2.58. The van der Waals surface area contributed by atoms with Crippen LogP contribution >= 0.6 is 0 Å². The third kappa shape index (κ3) is 3.46. The number of aryl methyl sites for hydroxylation is 1. The minimum atomic E-state index is 0.540. The maximum atomic E-state index is 4.35. The fourth-order valence-corrected chi connectivity index (χ4v) is 1.10. The summed E-state index contributed by atoms with van der Waals surface area (Å²) in [4.78, 5) is 4.35. The highest BCUT2D eigenvalue weighted by Gasteiger charge is 2.05. The van der Waals surface area contributed by atoms with Crippen LogP contribution in [0.5, 0.6) is 0 Å². The van der Waals surface area contributed by atoms with Crippen molar-refractivity contribution in [2.45, 2.75) is 40.3 Å². The van der Waals surface area contributed by atoms with Gasteiger partial charge in [0.25, 0.3) is 0 Å². The summed E-state index contributed by atoms with van der Waals surface area (Å²) in [6.45, 7) is 9.57. The van der Waals surface area contributed by atoms with E-state index in [0.717, 1.165) is 12.2 Å². The molecule has 0 fully saturated rings. The first-order valence-electron chi connectivity index (χ1n) is 5.24. The van der Waals surface area contributed by atoms with Crippen LogP contribution < -0.4 is 5.32 Å². The SMILES string of the molecule is Cc1ccc(CNC(C)C(C)C)nc1. The monoisotopic (exact) mass is 192 g/mol. The van der Waals surface area contributed by atoms with Gasteiger partial charge < -0.3 is 5.32 Å². The molecule has 0 saturated carbocycles. The van der Waals surface area contributed by atoms with Crippen LogP contribution in [0.3, 0.4) is 0 Å². The molecule has 78 valence electrons. The summed E-state index contributed by atoms with van der Waals surface area (Å²) < 4.78 is 0. The Morgan fingerprint density at radius 3 is 2.50 bits per heavy atom. The molecule has 0 radical (unpaired) electrons. The summed E-state index contributed by atoms with van der Waals surface area (Å²) in [5.41, 5.74) is 2.33. The molecule has 0 saturated heterocycles. The van der Waals surface area contributed by atoms with E-state index in [2.05, 4.69) is 50.1 Å². The zero-order valence-corrected chi connectivity index (χ0v) is 9.54. The molecule has 1 atom stereocenters. The molecular weight excluding hydrogens is 172 g/mol. The maximum absolute atomic E-state index is 4.35. The number of hydrogen-bond donors (Lipinski definition) is 1. The van der Waals surface area contributed by atoms with Crippen LogP contribution in [0.2, 0.25) is 0 Å².